The second kappa shape index (κ2) is 13.6. The summed E-state index contributed by atoms with van der Waals surface area (Å²) in [6.07, 6.45) is 0. The van der Waals surface area contributed by atoms with Crippen molar-refractivity contribution in [3.05, 3.63) is 130 Å². The third kappa shape index (κ3) is 6.40. The number of carbonyl (C=O) groups is 2. The Morgan fingerprint density at radius 3 is 2.54 bits per heavy atom. The van der Waals surface area contributed by atoms with E-state index in [1.54, 1.807) is 49.4 Å². The molecule has 3 heterocycles. The molecule has 1 N–H and O–H groups in total. The number of anilines is 1. The Kier molecular flexibility index (Phi) is 9.18. The monoisotopic (exact) mass is 657 g/mol. The van der Waals surface area contributed by atoms with Crippen molar-refractivity contribution in [3.63, 3.8) is 0 Å². The molecule has 0 bridgehead atoms. The quantitative estimate of drug-likeness (QED) is 0.0821. The summed E-state index contributed by atoms with van der Waals surface area (Å²) in [6, 6.07) is 23.2. The van der Waals surface area contributed by atoms with E-state index in [1.165, 1.54) is 28.8 Å². The molecule has 2 aromatic heterocycles. The van der Waals surface area contributed by atoms with Gasteiger partial charge in [-0.15, -0.1) is 10.2 Å². The van der Waals surface area contributed by atoms with Crippen LogP contribution in [0.5, 0.6) is 11.5 Å². The molecule has 6 rings (SSSR count). The van der Waals surface area contributed by atoms with Crippen LogP contribution in [0.2, 0.25) is 0 Å². The van der Waals surface area contributed by atoms with E-state index in [2.05, 4.69) is 10.2 Å². The van der Waals surface area contributed by atoms with Crippen LogP contribution < -0.4 is 14.4 Å². The van der Waals surface area contributed by atoms with E-state index in [1.807, 2.05) is 37.3 Å². The summed E-state index contributed by atoms with van der Waals surface area (Å²) in [5, 5.41) is 19.8. The molecule has 1 aliphatic heterocycles. The lowest BCUT2D eigenvalue weighted by Crippen LogP contribution is -2.31. The maximum Gasteiger partial charge on any atom is 0.296 e. The standard InChI is InChI=1S/C34H28FN3O6S2/c1-3-42-27-17-22(14-16-25(27)43-18-21-9-5-4-6-10-21)29-28(30(39)26-15-13-20(2)44-26)31(40)32(41)38(29)33-36-37-34(46-33)45-19-23-11-7-8-12-24(23)35/h4-17,29,40H,3,18-19H2,1-2H3. The predicted octanol–water partition coefficient (Wildman–Crippen LogP) is 7.63. The first-order chi connectivity index (χ1) is 22.3. The number of amides is 1. The van der Waals surface area contributed by atoms with Crippen LogP contribution in [0.15, 0.2) is 105 Å². The van der Waals surface area contributed by atoms with Crippen LogP contribution in [-0.2, 0) is 17.2 Å². The number of hydrogen-bond acceptors (Lipinski definition) is 10. The minimum absolute atomic E-state index is 0.0232. The number of aryl methyl sites for hydroxylation is 1. The number of carbonyl (C=O) groups excluding carboxylic acids is 2. The van der Waals surface area contributed by atoms with Crippen LogP contribution in [0.1, 0.15) is 46.0 Å². The molecule has 46 heavy (non-hydrogen) atoms. The number of halogens is 1. The number of furan rings is 1. The number of nitrogens with zero attached hydrogens (tertiary/aromatic N) is 3. The van der Waals surface area contributed by atoms with Crippen molar-refractivity contribution in [2.24, 2.45) is 0 Å². The van der Waals surface area contributed by atoms with Gasteiger partial charge in [0.2, 0.25) is 10.9 Å². The van der Waals surface area contributed by atoms with Crippen LogP contribution in [-0.4, -0.2) is 33.6 Å². The zero-order valence-corrected chi connectivity index (χ0v) is 26.4. The molecular formula is C34H28FN3O6S2. The van der Waals surface area contributed by atoms with E-state index >= 15 is 0 Å². The van der Waals surface area contributed by atoms with Crippen LogP contribution in [0.3, 0.4) is 0 Å². The van der Waals surface area contributed by atoms with Crippen molar-refractivity contribution in [1.82, 2.24) is 10.2 Å². The fourth-order valence-electron chi connectivity index (χ4n) is 4.97. The minimum Gasteiger partial charge on any atom is -0.503 e. The highest BCUT2D eigenvalue weighted by molar-refractivity contribution is 8.00. The SMILES string of the molecule is CCOc1cc(C2C(C(=O)c3ccc(C)o3)=C(O)C(=O)N2c2nnc(SCc3ccccc3F)s2)ccc1OCc1ccccc1. The van der Waals surface area contributed by atoms with Crippen LogP contribution >= 0.6 is 23.1 Å². The van der Waals surface area contributed by atoms with Gasteiger partial charge in [0.15, 0.2) is 27.4 Å². The van der Waals surface area contributed by atoms with E-state index in [0.29, 0.717) is 51.7 Å². The zero-order chi connectivity index (χ0) is 32.2. The topological polar surface area (TPSA) is 115 Å². The first-order valence-electron chi connectivity index (χ1n) is 14.3. The number of benzene rings is 3. The van der Waals surface area contributed by atoms with Crippen LogP contribution in [0, 0.1) is 12.7 Å². The third-order valence-corrected chi connectivity index (χ3v) is 9.25. The molecule has 1 atom stereocenters. The Labute approximate surface area is 272 Å². The fraction of sp³-hybridized carbons (Fsp3) is 0.176. The molecule has 0 saturated heterocycles. The molecule has 9 nitrogen and oxygen atoms in total. The molecular weight excluding hydrogens is 630 g/mol. The first-order valence-corrected chi connectivity index (χ1v) is 16.1. The molecule has 0 saturated carbocycles. The summed E-state index contributed by atoms with van der Waals surface area (Å²) in [5.41, 5.74) is 1.76. The highest BCUT2D eigenvalue weighted by Crippen LogP contribution is 2.45. The summed E-state index contributed by atoms with van der Waals surface area (Å²) >= 11 is 2.35. The number of hydrogen-bond donors (Lipinski definition) is 1. The number of ketones is 1. The summed E-state index contributed by atoms with van der Waals surface area (Å²) in [7, 11) is 0. The Morgan fingerprint density at radius 1 is 1.02 bits per heavy atom. The number of aliphatic hydroxyl groups is 1. The van der Waals surface area contributed by atoms with Gasteiger partial charge in [-0.2, -0.15) is 0 Å². The van der Waals surface area contributed by atoms with Gasteiger partial charge in [-0.1, -0.05) is 77.7 Å². The first kappa shape index (κ1) is 31.1. The van der Waals surface area contributed by atoms with Crippen molar-refractivity contribution < 1.29 is 33.0 Å². The van der Waals surface area contributed by atoms with Gasteiger partial charge >= 0.3 is 0 Å². The Hall–Kier alpha value is -4.94. The molecule has 5 aromatic rings. The number of Topliss-reactive ketones (excluding diaryl/α,β-unsaturated/α-hetero) is 1. The normalized spacial score (nSPS) is 14.6. The molecule has 1 aliphatic rings. The van der Waals surface area contributed by atoms with Crippen molar-refractivity contribution in [2.45, 2.75) is 36.6 Å². The minimum atomic E-state index is -1.09. The van der Waals surface area contributed by atoms with Gasteiger partial charge in [0.1, 0.15) is 18.2 Å². The largest absolute Gasteiger partial charge is 0.503 e. The predicted molar refractivity (Wildman–Crippen MR) is 172 cm³/mol. The average molecular weight is 658 g/mol. The van der Waals surface area contributed by atoms with Crippen LogP contribution in [0.4, 0.5) is 9.52 Å². The van der Waals surface area contributed by atoms with E-state index in [9.17, 15) is 19.1 Å². The van der Waals surface area contributed by atoms with Gasteiger partial charge in [-0.05, 0) is 60.9 Å². The molecule has 12 heteroatoms. The molecule has 1 unspecified atom stereocenters. The maximum atomic E-state index is 14.2. The van der Waals surface area contributed by atoms with Gasteiger partial charge in [0, 0.05) is 5.75 Å². The number of aromatic nitrogens is 2. The van der Waals surface area contributed by atoms with E-state index in [0.717, 1.165) is 16.9 Å². The molecule has 0 fully saturated rings. The van der Waals surface area contributed by atoms with E-state index in [4.69, 9.17) is 13.9 Å². The maximum absolute atomic E-state index is 14.2. The highest BCUT2D eigenvalue weighted by Gasteiger charge is 2.47. The number of thioether (sulfide) groups is 1. The van der Waals surface area contributed by atoms with Gasteiger partial charge in [0.05, 0.1) is 18.2 Å². The summed E-state index contributed by atoms with van der Waals surface area (Å²) in [5.74, 6) is -0.877. The van der Waals surface area contributed by atoms with Crippen molar-refractivity contribution in [1.29, 1.82) is 0 Å². The van der Waals surface area contributed by atoms with Gasteiger partial charge in [0.25, 0.3) is 5.91 Å². The molecule has 1 amide bonds. The second-order valence-electron chi connectivity index (χ2n) is 10.2. The summed E-state index contributed by atoms with van der Waals surface area (Å²) in [4.78, 5) is 28.7. The third-order valence-electron chi connectivity index (χ3n) is 7.15. The van der Waals surface area contributed by atoms with Crippen molar-refractivity contribution in [2.75, 3.05) is 11.5 Å². The number of rotatable bonds is 12. The van der Waals surface area contributed by atoms with Crippen molar-refractivity contribution >= 4 is 39.9 Å². The molecule has 234 valence electrons. The average Bonchev–Trinajstić information content (AvgIpc) is 3.78. The zero-order valence-electron chi connectivity index (χ0n) is 24.8. The van der Waals surface area contributed by atoms with E-state index < -0.39 is 23.5 Å². The number of ether oxygens (including phenoxy) is 2. The van der Waals surface area contributed by atoms with Crippen molar-refractivity contribution in [3.8, 4) is 11.5 Å². The number of aliphatic hydroxyl groups excluding tert-OH is 1. The van der Waals surface area contributed by atoms with Gasteiger partial charge in [-0.3, -0.25) is 14.5 Å². The Morgan fingerprint density at radius 2 is 1.80 bits per heavy atom. The highest BCUT2D eigenvalue weighted by atomic mass is 32.2. The lowest BCUT2D eigenvalue weighted by atomic mass is 9.95. The van der Waals surface area contributed by atoms with Gasteiger partial charge in [-0.25, -0.2) is 4.39 Å². The molecule has 0 spiro atoms. The molecule has 0 aliphatic carbocycles. The Balaban J connectivity index is 1.36. The summed E-state index contributed by atoms with van der Waals surface area (Å²) < 4.78 is 32.2. The smallest absolute Gasteiger partial charge is 0.296 e. The van der Waals surface area contributed by atoms with Gasteiger partial charge < -0.3 is 19.0 Å². The lowest BCUT2D eigenvalue weighted by Gasteiger charge is -2.25. The molecule has 3 aromatic carbocycles. The molecule has 0 radical (unpaired) electrons. The van der Waals surface area contributed by atoms with Crippen LogP contribution in [0.25, 0.3) is 0 Å². The summed E-state index contributed by atoms with van der Waals surface area (Å²) in [6.45, 7) is 4.16. The fourth-order valence-corrected chi connectivity index (χ4v) is 6.82. The second-order valence-corrected chi connectivity index (χ2v) is 12.4. The Bertz CT molecular complexity index is 1920. The van der Waals surface area contributed by atoms with E-state index in [-0.39, 0.29) is 22.3 Å². The lowest BCUT2D eigenvalue weighted by molar-refractivity contribution is -0.117.